The Kier molecular flexibility index (Phi) is 8.19. The molecule has 0 aliphatic carbocycles. The van der Waals surface area contributed by atoms with E-state index in [1.807, 2.05) is 49.4 Å². The summed E-state index contributed by atoms with van der Waals surface area (Å²) in [5, 5.41) is 3.03. The van der Waals surface area contributed by atoms with E-state index in [1.165, 1.54) is 5.56 Å². The third-order valence-corrected chi connectivity index (χ3v) is 6.50. The first-order valence-corrected chi connectivity index (χ1v) is 12.6. The van der Waals surface area contributed by atoms with Crippen LogP contribution in [-0.2, 0) is 13.0 Å². The summed E-state index contributed by atoms with van der Waals surface area (Å²) in [4.78, 5) is 17.3. The summed E-state index contributed by atoms with van der Waals surface area (Å²) in [5.74, 6) is 2.41. The maximum absolute atomic E-state index is 12.5. The summed E-state index contributed by atoms with van der Waals surface area (Å²) < 4.78 is 8.26. The molecule has 0 saturated carbocycles. The molecule has 1 heterocycles. The number of fused-ring (bicyclic) bond motifs is 1. The average Bonchev–Trinajstić information content (AvgIpc) is 3.23. The van der Waals surface area contributed by atoms with Crippen molar-refractivity contribution >= 4 is 16.9 Å². The summed E-state index contributed by atoms with van der Waals surface area (Å²) in [6.45, 7) is 8.43. The Balaban J connectivity index is 1.34. The van der Waals surface area contributed by atoms with Crippen molar-refractivity contribution < 1.29 is 9.53 Å². The van der Waals surface area contributed by atoms with E-state index in [0.717, 1.165) is 47.6 Å². The van der Waals surface area contributed by atoms with E-state index in [9.17, 15) is 4.79 Å². The quantitative estimate of drug-likeness (QED) is 0.262. The number of rotatable bonds is 11. The topological polar surface area (TPSA) is 56.1 Å². The number of carbonyl (C=O) groups excluding carboxylic acids is 1. The number of hydrogen-bond acceptors (Lipinski definition) is 3. The Hall–Kier alpha value is -3.60. The van der Waals surface area contributed by atoms with Gasteiger partial charge in [-0.15, -0.1) is 0 Å². The Bertz CT molecular complexity index is 1260. The van der Waals surface area contributed by atoms with Crippen LogP contribution in [0.4, 0.5) is 0 Å². The van der Waals surface area contributed by atoms with E-state index in [2.05, 4.69) is 54.1 Å². The molecule has 0 aliphatic heterocycles. The Labute approximate surface area is 208 Å². The zero-order chi connectivity index (χ0) is 24.6. The monoisotopic (exact) mass is 469 g/mol. The van der Waals surface area contributed by atoms with Crippen molar-refractivity contribution in [1.82, 2.24) is 14.9 Å². The Morgan fingerprint density at radius 2 is 1.86 bits per heavy atom. The number of nitrogens with one attached hydrogen (secondary N) is 1. The van der Waals surface area contributed by atoms with Crippen LogP contribution in [0.1, 0.15) is 59.9 Å². The van der Waals surface area contributed by atoms with Crippen molar-refractivity contribution in [3.05, 3.63) is 95.3 Å². The Morgan fingerprint density at radius 3 is 2.63 bits per heavy atom. The normalized spacial score (nSPS) is 12.0. The van der Waals surface area contributed by atoms with Gasteiger partial charge in [-0.25, -0.2) is 4.98 Å². The van der Waals surface area contributed by atoms with Crippen LogP contribution in [0.3, 0.4) is 0 Å². The SMILES string of the molecule is CCC(C)c1ccc(OCCCn2c(CCNC(=O)c3cccc(C)c3)nc3ccccc32)cc1. The first-order valence-electron chi connectivity index (χ1n) is 12.6. The predicted octanol–water partition coefficient (Wildman–Crippen LogP) is 6.30. The molecule has 0 saturated heterocycles. The molecular weight excluding hydrogens is 434 g/mol. The molecule has 35 heavy (non-hydrogen) atoms. The second kappa shape index (κ2) is 11.7. The molecule has 0 fully saturated rings. The standard InChI is InChI=1S/C30H35N3O2/c1-4-23(3)24-13-15-26(16-14-24)35-20-8-19-33-28-12-6-5-11-27(28)32-29(33)17-18-31-30(34)25-10-7-9-22(2)21-25/h5-7,9-16,21,23H,4,8,17-20H2,1-3H3,(H,31,34). The zero-order valence-electron chi connectivity index (χ0n) is 21.0. The van der Waals surface area contributed by atoms with Gasteiger partial charge in [0, 0.05) is 25.1 Å². The van der Waals surface area contributed by atoms with Crippen molar-refractivity contribution in [2.24, 2.45) is 0 Å². The number of aromatic nitrogens is 2. The average molecular weight is 470 g/mol. The maximum Gasteiger partial charge on any atom is 0.251 e. The van der Waals surface area contributed by atoms with Gasteiger partial charge in [0.2, 0.25) is 0 Å². The zero-order valence-corrected chi connectivity index (χ0v) is 21.0. The molecule has 5 heteroatoms. The van der Waals surface area contributed by atoms with Crippen LogP contribution in [0, 0.1) is 6.92 Å². The van der Waals surface area contributed by atoms with Gasteiger partial charge in [0.25, 0.3) is 5.91 Å². The third kappa shape index (κ3) is 6.30. The van der Waals surface area contributed by atoms with E-state index in [-0.39, 0.29) is 5.91 Å². The number of benzene rings is 3. The second-order valence-corrected chi connectivity index (χ2v) is 9.12. The minimum atomic E-state index is -0.0517. The van der Waals surface area contributed by atoms with Gasteiger partial charge in [-0.2, -0.15) is 0 Å². The molecule has 0 aliphatic rings. The van der Waals surface area contributed by atoms with Gasteiger partial charge in [-0.05, 0) is 67.6 Å². The van der Waals surface area contributed by atoms with Crippen molar-refractivity contribution in [1.29, 1.82) is 0 Å². The number of amides is 1. The lowest BCUT2D eigenvalue weighted by atomic mass is 9.99. The van der Waals surface area contributed by atoms with Gasteiger partial charge in [-0.1, -0.05) is 55.8 Å². The maximum atomic E-state index is 12.5. The van der Waals surface area contributed by atoms with E-state index in [0.29, 0.717) is 31.1 Å². The lowest BCUT2D eigenvalue weighted by molar-refractivity contribution is 0.0954. The molecule has 4 aromatic rings. The first kappa shape index (κ1) is 24.5. The fraction of sp³-hybridized carbons (Fsp3) is 0.333. The molecular formula is C30H35N3O2. The van der Waals surface area contributed by atoms with Gasteiger partial charge < -0.3 is 14.6 Å². The molecule has 0 spiro atoms. The number of hydrogen-bond donors (Lipinski definition) is 1. The van der Waals surface area contributed by atoms with E-state index < -0.39 is 0 Å². The van der Waals surface area contributed by atoms with Crippen LogP contribution in [0.15, 0.2) is 72.8 Å². The van der Waals surface area contributed by atoms with Crippen LogP contribution < -0.4 is 10.1 Å². The number of ether oxygens (including phenoxy) is 1. The summed E-state index contributed by atoms with van der Waals surface area (Å²) >= 11 is 0. The van der Waals surface area contributed by atoms with Crippen molar-refractivity contribution in [2.45, 2.75) is 52.5 Å². The van der Waals surface area contributed by atoms with Gasteiger partial charge >= 0.3 is 0 Å². The highest BCUT2D eigenvalue weighted by molar-refractivity contribution is 5.94. The lowest BCUT2D eigenvalue weighted by Crippen LogP contribution is -2.26. The van der Waals surface area contributed by atoms with Crippen LogP contribution >= 0.6 is 0 Å². The van der Waals surface area contributed by atoms with Crippen molar-refractivity contribution in [2.75, 3.05) is 13.2 Å². The first-order chi connectivity index (χ1) is 17.0. The summed E-state index contributed by atoms with van der Waals surface area (Å²) in [5.41, 5.74) is 5.21. The van der Waals surface area contributed by atoms with Crippen LogP contribution in [0.2, 0.25) is 0 Å². The molecule has 182 valence electrons. The minimum absolute atomic E-state index is 0.0517. The minimum Gasteiger partial charge on any atom is -0.494 e. The van der Waals surface area contributed by atoms with E-state index >= 15 is 0 Å². The highest BCUT2D eigenvalue weighted by atomic mass is 16.5. The number of imidazole rings is 1. The smallest absolute Gasteiger partial charge is 0.251 e. The van der Waals surface area contributed by atoms with Gasteiger partial charge in [-0.3, -0.25) is 4.79 Å². The van der Waals surface area contributed by atoms with Crippen molar-refractivity contribution in [3.63, 3.8) is 0 Å². The largest absolute Gasteiger partial charge is 0.494 e. The van der Waals surface area contributed by atoms with Crippen molar-refractivity contribution in [3.8, 4) is 5.75 Å². The van der Waals surface area contributed by atoms with E-state index in [1.54, 1.807) is 0 Å². The van der Waals surface area contributed by atoms with Crippen LogP contribution in [-0.4, -0.2) is 28.6 Å². The molecule has 4 rings (SSSR count). The molecule has 0 bridgehead atoms. The number of para-hydroxylation sites is 2. The van der Waals surface area contributed by atoms with Crippen LogP contribution in [0.5, 0.6) is 5.75 Å². The van der Waals surface area contributed by atoms with Gasteiger partial charge in [0.15, 0.2) is 0 Å². The molecule has 1 unspecified atom stereocenters. The van der Waals surface area contributed by atoms with Gasteiger partial charge in [0.1, 0.15) is 11.6 Å². The molecule has 0 radical (unpaired) electrons. The third-order valence-electron chi connectivity index (χ3n) is 6.50. The summed E-state index contributed by atoms with van der Waals surface area (Å²) in [6, 6.07) is 24.3. The summed E-state index contributed by atoms with van der Waals surface area (Å²) in [6.07, 6.45) is 2.68. The van der Waals surface area contributed by atoms with Crippen LogP contribution in [0.25, 0.3) is 11.0 Å². The fourth-order valence-corrected chi connectivity index (χ4v) is 4.28. The van der Waals surface area contributed by atoms with E-state index in [4.69, 9.17) is 9.72 Å². The second-order valence-electron chi connectivity index (χ2n) is 9.12. The fourth-order valence-electron chi connectivity index (χ4n) is 4.28. The molecule has 1 atom stereocenters. The highest BCUT2D eigenvalue weighted by Gasteiger charge is 2.12. The molecule has 5 nitrogen and oxygen atoms in total. The number of nitrogens with zero attached hydrogens (tertiary/aromatic N) is 2. The predicted molar refractivity (Wildman–Crippen MR) is 142 cm³/mol. The Morgan fingerprint density at radius 1 is 1.06 bits per heavy atom. The lowest BCUT2D eigenvalue weighted by Gasteiger charge is -2.12. The molecule has 1 aromatic heterocycles. The molecule has 1 N–H and O–H groups in total. The van der Waals surface area contributed by atoms with Gasteiger partial charge in [0.05, 0.1) is 17.6 Å². The number of carbonyl (C=O) groups is 1. The highest BCUT2D eigenvalue weighted by Crippen LogP contribution is 2.22. The molecule has 3 aromatic carbocycles. The summed E-state index contributed by atoms with van der Waals surface area (Å²) in [7, 11) is 0. The number of aryl methyl sites for hydroxylation is 2. The molecule has 1 amide bonds.